The van der Waals surface area contributed by atoms with Gasteiger partial charge >= 0.3 is 6.03 Å². The number of hydrogen-bond donors (Lipinski definition) is 2. The van der Waals surface area contributed by atoms with Gasteiger partial charge in [0.2, 0.25) is 0 Å². The van der Waals surface area contributed by atoms with E-state index in [1.807, 2.05) is 12.3 Å². The molecule has 2 N–H and O–H groups in total. The molecule has 0 radical (unpaired) electrons. The Labute approximate surface area is 169 Å². The van der Waals surface area contributed by atoms with Gasteiger partial charge in [-0.2, -0.15) is 0 Å². The third-order valence-corrected chi connectivity index (χ3v) is 6.35. The van der Waals surface area contributed by atoms with E-state index in [9.17, 15) is 4.79 Å². The number of pyridine rings is 1. The number of carbonyl (C=O) groups excluding carboxylic acids is 1. The van der Waals surface area contributed by atoms with Crippen LogP contribution in [0.25, 0.3) is 0 Å². The zero-order chi connectivity index (χ0) is 18.8. The lowest BCUT2D eigenvalue weighted by Crippen LogP contribution is -2.64. The van der Waals surface area contributed by atoms with Crippen LogP contribution in [0, 0.1) is 5.92 Å². The summed E-state index contributed by atoms with van der Waals surface area (Å²) in [6, 6.07) is 9.36. The van der Waals surface area contributed by atoms with Crippen molar-refractivity contribution in [3.05, 3.63) is 58.3 Å². The van der Waals surface area contributed by atoms with E-state index in [0.29, 0.717) is 27.7 Å². The predicted molar refractivity (Wildman–Crippen MR) is 108 cm³/mol. The highest BCUT2D eigenvalue weighted by atomic mass is 35.5. The predicted octanol–water partition coefficient (Wildman–Crippen LogP) is 4.22. The summed E-state index contributed by atoms with van der Waals surface area (Å²) < 4.78 is 0. The van der Waals surface area contributed by atoms with E-state index >= 15 is 0 Å². The number of halogens is 2. The monoisotopic (exact) mass is 404 g/mol. The Bertz CT molecular complexity index is 809. The summed E-state index contributed by atoms with van der Waals surface area (Å²) in [5.74, 6) is 0.510. The second kappa shape index (κ2) is 8.05. The van der Waals surface area contributed by atoms with Gasteiger partial charge in [-0.25, -0.2) is 4.79 Å². The van der Waals surface area contributed by atoms with E-state index in [1.165, 1.54) is 5.56 Å². The summed E-state index contributed by atoms with van der Waals surface area (Å²) in [5.41, 5.74) is 1.83. The largest absolute Gasteiger partial charge is 0.333 e. The van der Waals surface area contributed by atoms with E-state index in [4.69, 9.17) is 23.2 Å². The Balaban J connectivity index is 1.46. The Morgan fingerprint density at radius 2 is 2.00 bits per heavy atom. The lowest BCUT2D eigenvalue weighted by atomic mass is 9.77. The molecule has 3 saturated heterocycles. The topological polar surface area (TPSA) is 57.3 Å². The first-order valence-corrected chi connectivity index (χ1v) is 10.0. The number of hydrogen-bond acceptors (Lipinski definition) is 3. The normalized spacial score (nSPS) is 26.6. The molecule has 7 heteroatoms. The first-order valence-electron chi connectivity index (χ1n) is 9.25. The summed E-state index contributed by atoms with van der Waals surface area (Å²) in [4.78, 5) is 19.3. The number of nitrogens with one attached hydrogen (secondary N) is 2. The van der Waals surface area contributed by atoms with Gasteiger partial charge in [-0.1, -0.05) is 29.3 Å². The number of benzene rings is 1. The van der Waals surface area contributed by atoms with Crippen molar-refractivity contribution in [1.82, 2.24) is 15.2 Å². The SMILES string of the molecule is O=C(Nc1ccc(Cl)c(Cl)c1)N[C@H]1C2CCN(CC2)[C@@H]1Cc1cccnc1. The Morgan fingerprint density at radius 1 is 1.19 bits per heavy atom. The zero-order valence-electron chi connectivity index (χ0n) is 14.9. The van der Waals surface area contributed by atoms with Gasteiger partial charge in [0.15, 0.2) is 0 Å². The molecular weight excluding hydrogens is 383 g/mol. The molecule has 3 aliphatic rings. The second-order valence-corrected chi connectivity index (χ2v) is 8.07. The fraction of sp³-hybridized carbons (Fsp3) is 0.400. The van der Waals surface area contributed by atoms with Gasteiger partial charge in [0, 0.05) is 30.2 Å². The summed E-state index contributed by atoms with van der Waals surface area (Å²) in [6.45, 7) is 2.20. The van der Waals surface area contributed by atoms with Crippen molar-refractivity contribution in [2.45, 2.75) is 31.3 Å². The molecule has 0 aliphatic carbocycles. The number of anilines is 1. The van der Waals surface area contributed by atoms with Crippen LogP contribution in [0.3, 0.4) is 0 Å². The Morgan fingerprint density at radius 3 is 2.70 bits per heavy atom. The maximum atomic E-state index is 12.6. The molecule has 27 heavy (non-hydrogen) atoms. The van der Waals surface area contributed by atoms with Crippen molar-refractivity contribution < 1.29 is 4.79 Å². The third-order valence-electron chi connectivity index (χ3n) is 5.61. The smallest absolute Gasteiger partial charge is 0.319 e. The highest BCUT2D eigenvalue weighted by Gasteiger charge is 2.42. The quantitative estimate of drug-likeness (QED) is 0.801. The van der Waals surface area contributed by atoms with E-state index in [1.54, 1.807) is 24.4 Å². The van der Waals surface area contributed by atoms with E-state index in [0.717, 1.165) is 32.4 Å². The van der Waals surface area contributed by atoms with E-state index < -0.39 is 0 Å². The maximum absolute atomic E-state index is 12.6. The van der Waals surface area contributed by atoms with Crippen molar-refractivity contribution in [2.24, 2.45) is 5.92 Å². The van der Waals surface area contributed by atoms with Gasteiger partial charge in [-0.3, -0.25) is 9.88 Å². The van der Waals surface area contributed by atoms with Crippen LogP contribution >= 0.6 is 23.2 Å². The molecule has 2 atom stereocenters. The van der Waals surface area contributed by atoms with Gasteiger partial charge in [0.1, 0.15) is 0 Å². The number of aromatic nitrogens is 1. The van der Waals surface area contributed by atoms with Crippen LogP contribution in [0.4, 0.5) is 10.5 Å². The highest BCUT2D eigenvalue weighted by Crippen LogP contribution is 2.34. The fourth-order valence-corrected chi connectivity index (χ4v) is 4.57. The molecule has 3 aliphatic heterocycles. The van der Waals surface area contributed by atoms with Crippen LogP contribution in [-0.4, -0.2) is 41.1 Å². The minimum atomic E-state index is -0.205. The summed E-state index contributed by atoms with van der Waals surface area (Å²) in [5, 5.41) is 6.98. The van der Waals surface area contributed by atoms with E-state index in [2.05, 4.69) is 26.6 Å². The molecule has 3 fully saturated rings. The molecule has 1 aromatic carbocycles. The maximum Gasteiger partial charge on any atom is 0.319 e. The lowest BCUT2D eigenvalue weighted by molar-refractivity contribution is 0.0184. The average molecular weight is 405 g/mol. The minimum absolute atomic E-state index is 0.121. The molecule has 4 heterocycles. The minimum Gasteiger partial charge on any atom is -0.333 e. The second-order valence-electron chi connectivity index (χ2n) is 7.26. The third kappa shape index (κ3) is 4.21. The number of carbonyl (C=O) groups is 1. The molecule has 5 rings (SSSR count). The number of fused-ring (bicyclic) bond motifs is 3. The van der Waals surface area contributed by atoms with Crippen LogP contribution in [0.5, 0.6) is 0 Å². The standard InChI is InChI=1S/C20H22Cl2N4O/c21-16-4-3-15(11-17(16)22)24-20(27)25-19-14-5-8-26(9-6-14)18(19)10-13-2-1-7-23-12-13/h1-4,7,11-12,14,18-19H,5-6,8-10H2,(H2,24,25,27)/t18-,19+/m1/s1. The zero-order valence-corrected chi connectivity index (χ0v) is 16.4. The molecule has 2 bridgehead atoms. The summed E-state index contributed by atoms with van der Waals surface area (Å²) >= 11 is 12.0. The molecule has 0 unspecified atom stereocenters. The molecule has 2 aromatic rings. The van der Waals surface area contributed by atoms with E-state index in [-0.39, 0.29) is 12.1 Å². The van der Waals surface area contributed by atoms with Gasteiger partial charge in [0.25, 0.3) is 0 Å². The van der Waals surface area contributed by atoms with Crippen LogP contribution in [0.15, 0.2) is 42.7 Å². The van der Waals surface area contributed by atoms with Crippen molar-refractivity contribution >= 4 is 34.9 Å². The molecular formula is C20H22Cl2N4O. The first kappa shape index (κ1) is 18.5. The van der Waals surface area contributed by atoms with Crippen molar-refractivity contribution in [3.63, 3.8) is 0 Å². The Hall–Kier alpha value is -1.82. The van der Waals surface area contributed by atoms with Gasteiger partial charge in [0.05, 0.1) is 10.0 Å². The summed E-state index contributed by atoms with van der Waals surface area (Å²) in [7, 11) is 0. The van der Waals surface area contributed by atoms with Crippen LogP contribution in [-0.2, 0) is 6.42 Å². The molecule has 5 nitrogen and oxygen atoms in total. The van der Waals surface area contributed by atoms with Crippen LogP contribution in [0.1, 0.15) is 18.4 Å². The van der Waals surface area contributed by atoms with Gasteiger partial charge in [-0.05, 0) is 68.1 Å². The van der Waals surface area contributed by atoms with Crippen LogP contribution < -0.4 is 10.6 Å². The van der Waals surface area contributed by atoms with Gasteiger partial charge in [-0.15, -0.1) is 0 Å². The molecule has 142 valence electrons. The average Bonchev–Trinajstić information content (AvgIpc) is 2.68. The number of amides is 2. The molecule has 0 spiro atoms. The molecule has 2 amide bonds. The number of nitrogens with zero attached hydrogens (tertiary/aromatic N) is 2. The molecule has 0 saturated carbocycles. The Kier molecular flexibility index (Phi) is 5.53. The number of piperidine rings is 3. The number of urea groups is 1. The fourth-order valence-electron chi connectivity index (χ4n) is 4.27. The van der Waals surface area contributed by atoms with Crippen LogP contribution in [0.2, 0.25) is 10.0 Å². The molecule has 1 aromatic heterocycles. The van der Waals surface area contributed by atoms with Crippen molar-refractivity contribution in [3.8, 4) is 0 Å². The van der Waals surface area contributed by atoms with Gasteiger partial charge < -0.3 is 10.6 Å². The van der Waals surface area contributed by atoms with Crippen molar-refractivity contribution in [1.29, 1.82) is 0 Å². The number of rotatable bonds is 4. The first-order chi connectivity index (χ1) is 13.1. The highest BCUT2D eigenvalue weighted by molar-refractivity contribution is 6.42. The summed E-state index contributed by atoms with van der Waals surface area (Å²) in [6.07, 6.45) is 6.85. The van der Waals surface area contributed by atoms with Crippen molar-refractivity contribution in [2.75, 3.05) is 18.4 Å². The lowest BCUT2D eigenvalue weighted by Gasteiger charge is -2.51.